The van der Waals surface area contributed by atoms with Crippen molar-refractivity contribution in [1.82, 2.24) is 0 Å². The fourth-order valence-corrected chi connectivity index (χ4v) is 3.26. The van der Waals surface area contributed by atoms with E-state index in [0.717, 1.165) is 31.4 Å². The molecule has 2 aliphatic heterocycles. The van der Waals surface area contributed by atoms with E-state index >= 15 is 0 Å². The lowest BCUT2D eigenvalue weighted by molar-refractivity contribution is -0.0871. The van der Waals surface area contributed by atoms with E-state index in [1.54, 1.807) is 6.26 Å². The Hall–Kier alpha value is -1.24. The maximum atomic E-state index is 6.27. The van der Waals surface area contributed by atoms with Gasteiger partial charge in [0.15, 0.2) is 0 Å². The molecule has 0 spiro atoms. The summed E-state index contributed by atoms with van der Waals surface area (Å²) in [7, 11) is 0. The van der Waals surface area contributed by atoms with E-state index in [0.29, 0.717) is 6.61 Å². The summed E-state index contributed by atoms with van der Waals surface area (Å²) in [5.41, 5.74) is -0.229. The molecule has 2 bridgehead atoms. The number of rotatable bonds is 4. The van der Waals surface area contributed by atoms with Crippen LogP contribution in [0.3, 0.4) is 0 Å². The van der Waals surface area contributed by atoms with E-state index in [1.807, 2.05) is 19.1 Å². The predicted octanol–water partition coefficient (Wildman–Crippen LogP) is 3.29. The van der Waals surface area contributed by atoms with Crippen LogP contribution in [0.1, 0.15) is 45.3 Å². The quantitative estimate of drug-likeness (QED) is 0.778. The molecular formula is C16H20O3. The van der Waals surface area contributed by atoms with Crippen LogP contribution in [0.15, 0.2) is 22.8 Å². The molecule has 1 aromatic heterocycles. The first-order valence-electron chi connectivity index (χ1n) is 6.90. The third-order valence-corrected chi connectivity index (χ3v) is 4.36. The second kappa shape index (κ2) is 4.70. The average Bonchev–Trinajstić information content (AvgIpc) is 3.07. The van der Waals surface area contributed by atoms with E-state index in [4.69, 9.17) is 13.9 Å². The molecule has 3 unspecified atom stereocenters. The minimum Gasteiger partial charge on any atom is -0.467 e. The smallest absolute Gasteiger partial charge is 0.129 e. The summed E-state index contributed by atoms with van der Waals surface area (Å²) >= 11 is 0. The molecule has 3 heterocycles. The second-order valence-corrected chi connectivity index (χ2v) is 5.78. The van der Waals surface area contributed by atoms with Gasteiger partial charge in [0.25, 0.3) is 0 Å². The molecule has 0 radical (unpaired) electrons. The van der Waals surface area contributed by atoms with Crippen LogP contribution < -0.4 is 0 Å². The van der Waals surface area contributed by atoms with Gasteiger partial charge in [-0.1, -0.05) is 0 Å². The van der Waals surface area contributed by atoms with Gasteiger partial charge in [-0.25, -0.2) is 0 Å². The second-order valence-electron chi connectivity index (χ2n) is 5.78. The first kappa shape index (κ1) is 12.8. The summed E-state index contributed by atoms with van der Waals surface area (Å²) in [6, 6.07) is 3.82. The monoisotopic (exact) mass is 260 g/mol. The fourth-order valence-electron chi connectivity index (χ4n) is 3.26. The third-order valence-electron chi connectivity index (χ3n) is 4.36. The Bertz CT molecular complexity index is 496. The highest BCUT2D eigenvalue weighted by atomic mass is 16.6. The van der Waals surface area contributed by atoms with Crippen LogP contribution in [0, 0.1) is 11.8 Å². The van der Waals surface area contributed by atoms with Crippen LogP contribution >= 0.6 is 0 Å². The minimum atomic E-state index is -0.151. The number of hydrogen-bond donors (Lipinski definition) is 0. The van der Waals surface area contributed by atoms with Gasteiger partial charge in [0.1, 0.15) is 12.4 Å². The number of fused-ring (bicyclic) bond motifs is 2. The molecule has 19 heavy (non-hydrogen) atoms. The van der Waals surface area contributed by atoms with Crippen LogP contribution in [0.2, 0.25) is 0 Å². The topological polar surface area (TPSA) is 31.6 Å². The van der Waals surface area contributed by atoms with Crippen LogP contribution in [0.4, 0.5) is 0 Å². The highest BCUT2D eigenvalue weighted by Crippen LogP contribution is 2.53. The molecule has 2 fully saturated rings. The van der Waals surface area contributed by atoms with Crippen molar-refractivity contribution in [2.45, 2.75) is 63.4 Å². The maximum Gasteiger partial charge on any atom is 0.129 e. The summed E-state index contributed by atoms with van der Waals surface area (Å²) in [5.74, 6) is 7.00. The molecule has 3 atom stereocenters. The largest absolute Gasteiger partial charge is 0.467 e. The van der Waals surface area contributed by atoms with E-state index < -0.39 is 0 Å². The van der Waals surface area contributed by atoms with Gasteiger partial charge in [0.2, 0.25) is 0 Å². The molecule has 0 aromatic carbocycles. The Morgan fingerprint density at radius 3 is 3.11 bits per heavy atom. The van der Waals surface area contributed by atoms with E-state index in [2.05, 4.69) is 18.8 Å². The molecule has 2 aliphatic rings. The van der Waals surface area contributed by atoms with Gasteiger partial charge in [-0.2, -0.15) is 0 Å². The lowest BCUT2D eigenvalue weighted by Gasteiger charge is -2.29. The van der Waals surface area contributed by atoms with Crippen LogP contribution in [-0.4, -0.2) is 17.3 Å². The highest BCUT2D eigenvalue weighted by Gasteiger charge is 2.59. The first-order valence-corrected chi connectivity index (χ1v) is 6.90. The molecule has 3 rings (SSSR count). The molecule has 0 amide bonds. The van der Waals surface area contributed by atoms with Gasteiger partial charge in [0.05, 0.1) is 23.6 Å². The molecular weight excluding hydrogens is 240 g/mol. The first-order chi connectivity index (χ1) is 9.16. The van der Waals surface area contributed by atoms with Gasteiger partial charge >= 0.3 is 0 Å². The molecule has 1 aromatic rings. The predicted molar refractivity (Wildman–Crippen MR) is 71.4 cm³/mol. The Balaban J connectivity index is 1.65. The van der Waals surface area contributed by atoms with E-state index in [-0.39, 0.29) is 17.3 Å². The highest BCUT2D eigenvalue weighted by molar-refractivity contribution is 5.14. The van der Waals surface area contributed by atoms with Crippen molar-refractivity contribution in [3.63, 3.8) is 0 Å². The van der Waals surface area contributed by atoms with Crippen molar-refractivity contribution < 1.29 is 13.9 Å². The van der Waals surface area contributed by atoms with Crippen molar-refractivity contribution in [1.29, 1.82) is 0 Å². The Kier molecular flexibility index (Phi) is 3.16. The Labute approximate surface area is 114 Å². The van der Waals surface area contributed by atoms with Gasteiger partial charge in [0, 0.05) is 12.8 Å². The molecule has 102 valence electrons. The van der Waals surface area contributed by atoms with Gasteiger partial charge < -0.3 is 13.9 Å². The van der Waals surface area contributed by atoms with Gasteiger partial charge in [-0.05, 0) is 38.8 Å². The summed E-state index contributed by atoms with van der Waals surface area (Å²) in [6.07, 6.45) is 5.74. The summed E-state index contributed by atoms with van der Waals surface area (Å²) < 4.78 is 17.6. The molecule has 2 saturated heterocycles. The fraction of sp³-hybridized carbons (Fsp3) is 0.625. The number of hydrogen-bond acceptors (Lipinski definition) is 3. The van der Waals surface area contributed by atoms with Crippen molar-refractivity contribution >= 4 is 0 Å². The van der Waals surface area contributed by atoms with Crippen molar-refractivity contribution in [2.75, 3.05) is 0 Å². The minimum absolute atomic E-state index is 0.0778. The summed E-state index contributed by atoms with van der Waals surface area (Å²) in [6.45, 7) is 4.56. The SMILES string of the molecule is CC#CCC12CCC(C)(O1)C(OCc1ccco1)C2. The average molecular weight is 260 g/mol. The van der Waals surface area contributed by atoms with Crippen molar-refractivity contribution in [2.24, 2.45) is 0 Å². The molecule has 0 N–H and O–H groups in total. The maximum absolute atomic E-state index is 6.27. The molecule has 0 aliphatic carbocycles. The standard InChI is InChI=1S/C16H20O3/c1-3-4-7-16-9-8-15(2,19-16)14(11-16)18-12-13-6-5-10-17-13/h5-6,10,14H,7-9,11-12H2,1-2H3. The van der Waals surface area contributed by atoms with E-state index in [9.17, 15) is 0 Å². The molecule has 3 nitrogen and oxygen atoms in total. The lowest BCUT2D eigenvalue weighted by atomic mass is 9.79. The molecule has 3 heteroatoms. The van der Waals surface area contributed by atoms with Crippen LogP contribution in [0.25, 0.3) is 0 Å². The summed E-state index contributed by atoms with van der Waals surface area (Å²) in [5, 5.41) is 0. The Morgan fingerprint density at radius 1 is 1.47 bits per heavy atom. The Morgan fingerprint density at radius 2 is 2.37 bits per heavy atom. The van der Waals surface area contributed by atoms with Crippen LogP contribution in [0.5, 0.6) is 0 Å². The molecule has 0 saturated carbocycles. The lowest BCUT2D eigenvalue weighted by Crippen LogP contribution is -2.37. The normalized spacial score (nSPS) is 36.2. The van der Waals surface area contributed by atoms with Crippen LogP contribution in [-0.2, 0) is 16.1 Å². The van der Waals surface area contributed by atoms with Crippen molar-refractivity contribution in [3.8, 4) is 11.8 Å². The van der Waals surface area contributed by atoms with Gasteiger partial charge in [-0.15, -0.1) is 11.8 Å². The number of ether oxygens (including phenoxy) is 2. The van der Waals surface area contributed by atoms with E-state index in [1.165, 1.54) is 0 Å². The zero-order valence-electron chi connectivity index (χ0n) is 11.6. The zero-order chi connectivity index (χ0) is 13.3. The van der Waals surface area contributed by atoms with Gasteiger partial charge in [-0.3, -0.25) is 0 Å². The number of furan rings is 1. The zero-order valence-corrected chi connectivity index (χ0v) is 11.6. The third kappa shape index (κ3) is 2.31. The summed E-state index contributed by atoms with van der Waals surface area (Å²) in [4.78, 5) is 0. The van der Waals surface area contributed by atoms with Crippen molar-refractivity contribution in [3.05, 3.63) is 24.2 Å².